The summed E-state index contributed by atoms with van der Waals surface area (Å²) in [5.74, 6) is -2.43. The number of halogens is 2. The summed E-state index contributed by atoms with van der Waals surface area (Å²) in [6.45, 7) is 1.46. The van der Waals surface area contributed by atoms with E-state index in [-0.39, 0.29) is 37.0 Å². The third kappa shape index (κ3) is 3.37. The molecule has 0 aliphatic carbocycles. The van der Waals surface area contributed by atoms with Crippen LogP contribution in [0.25, 0.3) is 0 Å². The molecule has 1 aliphatic heterocycles. The fourth-order valence-corrected chi connectivity index (χ4v) is 2.48. The van der Waals surface area contributed by atoms with Gasteiger partial charge >= 0.3 is 5.97 Å². The van der Waals surface area contributed by atoms with Crippen LogP contribution >= 0.6 is 0 Å². The van der Waals surface area contributed by atoms with Crippen LogP contribution in [0.15, 0.2) is 24.3 Å². The van der Waals surface area contributed by atoms with E-state index in [4.69, 9.17) is 5.11 Å². The molecular formula is C15H17F2NO3. The molecule has 4 nitrogen and oxygen atoms in total. The van der Waals surface area contributed by atoms with Gasteiger partial charge in [-0.1, -0.05) is 19.1 Å². The first-order valence-corrected chi connectivity index (χ1v) is 6.77. The molecule has 21 heavy (non-hydrogen) atoms. The number of hydrogen-bond acceptors (Lipinski definition) is 2. The van der Waals surface area contributed by atoms with E-state index in [9.17, 15) is 18.4 Å². The molecule has 1 heterocycles. The predicted octanol–water partition coefficient (Wildman–Crippen LogP) is 2.34. The van der Waals surface area contributed by atoms with E-state index in [1.165, 1.54) is 17.0 Å². The van der Waals surface area contributed by atoms with Gasteiger partial charge in [-0.05, 0) is 23.6 Å². The van der Waals surface area contributed by atoms with Crippen LogP contribution in [-0.4, -0.2) is 40.6 Å². The van der Waals surface area contributed by atoms with E-state index in [1.54, 1.807) is 19.1 Å². The Morgan fingerprint density at radius 3 is 2.76 bits per heavy atom. The largest absolute Gasteiger partial charge is 0.479 e. The summed E-state index contributed by atoms with van der Waals surface area (Å²) in [5.41, 5.74) is -1.66. The summed E-state index contributed by atoms with van der Waals surface area (Å²) in [6, 6.07) is 5.97. The van der Waals surface area contributed by atoms with E-state index in [0.717, 1.165) is 0 Å². The number of hydrogen-bond donors (Lipinski definition) is 1. The molecule has 1 N–H and O–H groups in total. The lowest BCUT2D eigenvalue weighted by Gasteiger charge is -2.20. The molecule has 0 bridgehead atoms. The smallest absolute Gasteiger partial charge is 0.343 e. The molecule has 2 rings (SSSR count). The van der Waals surface area contributed by atoms with E-state index < -0.39 is 18.2 Å². The molecule has 1 aromatic carbocycles. The molecular weight excluding hydrogens is 280 g/mol. The summed E-state index contributed by atoms with van der Waals surface area (Å²) in [4.78, 5) is 24.1. The van der Waals surface area contributed by atoms with Crippen molar-refractivity contribution < 1.29 is 23.5 Å². The minimum absolute atomic E-state index is 0.0947. The fraction of sp³-hybridized carbons (Fsp3) is 0.467. The molecule has 1 aliphatic rings. The number of carbonyl (C=O) groups excluding carboxylic acids is 1. The molecule has 1 saturated heterocycles. The molecule has 1 aromatic rings. The molecule has 0 saturated carbocycles. The first-order chi connectivity index (χ1) is 9.82. The molecule has 0 radical (unpaired) electrons. The van der Waals surface area contributed by atoms with Gasteiger partial charge in [0.15, 0.2) is 0 Å². The highest BCUT2D eigenvalue weighted by atomic mass is 19.1. The van der Waals surface area contributed by atoms with Crippen LogP contribution in [0.2, 0.25) is 0 Å². The van der Waals surface area contributed by atoms with E-state index in [0.29, 0.717) is 5.56 Å². The third-order valence-corrected chi connectivity index (χ3v) is 3.85. The zero-order valence-corrected chi connectivity index (χ0v) is 11.7. The van der Waals surface area contributed by atoms with Gasteiger partial charge < -0.3 is 10.0 Å². The Balaban J connectivity index is 1.98. The summed E-state index contributed by atoms with van der Waals surface area (Å²) >= 11 is 0. The molecule has 2 atom stereocenters. The molecule has 6 heteroatoms. The van der Waals surface area contributed by atoms with Gasteiger partial charge in [0.25, 0.3) is 0 Å². The van der Waals surface area contributed by atoms with Crippen molar-refractivity contribution in [1.29, 1.82) is 0 Å². The lowest BCUT2D eigenvalue weighted by atomic mass is 9.97. The van der Waals surface area contributed by atoms with E-state index in [2.05, 4.69) is 0 Å². The minimum atomic E-state index is -2.35. The van der Waals surface area contributed by atoms with Crippen LogP contribution in [0.1, 0.15) is 31.2 Å². The number of nitrogens with zero attached hydrogens (tertiary/aromatic N) is 1. The van der Waals surface area contributed by atoms with Crippen molar-refractivity contribution in [2.45, 2.75) is 31.4 Å². The van der Waals surface area contributed by atoms with Gasteiger partial charge in [-0.3, -0.25) is 4.79 Å². The topological polar surface area (TPSA) is 57.6 Å². The monoisotopic (exact) mass is 297 g/mol. The van der Waals surface area contributed by atoms with Gasteiger partial charge in [-0.15, -0.1) is 0 Å². The molecule has 114 valence electrons. The number of rotatable bonds is 4. The lowest BCUT2D eigenvalue weighted by Crippen LogP contribution is -2.39. The molecule has 0 spiro atoms. The van der Waals surface area contributed by atoms with Crippen molar-refractivity contribution in [1.82, 2.24) is 4.90 Å². The Hall–Kier alpha value is -1.98. The van der Waals surface area contributed by atoms with Crippen LogP contribution < -0.4 is 0 Å². The normalized spacial score (nSPS) is 23.1. The standard InChI is InChI=1S/C15H17F2NO3/c1-10(11-3-2-4-12(16)8-11)7-13(19)18-6-5-15(17,9-18)14(20)21/h2-4,8,10H,5-7,9H2,1H3,(H,20,21). The lowest BCUT2D eigenvalue weighted by molar-refractivity contribution is -0.150. The Labute approximate surface area is 121 Å². The van der Waals surface area contributed by atoms with Crippen LogP contribution in [0, 0.1) is 5.82 Å². The van der Waals surface area contributed by atoms with Crippen molar-refractivity contribution in [2.75, 3.05) is 13.1 Å². The third-order valence-electron chi connectivity index (χ3n) is 3.85. The summed E-state index contributed by atoms with van der Waals surface area (Å²) < 4.78 is 27.1. The second kappa shape index (κ2) is 5.79. The highest BCUT2D eigenvalue weighted by Gasteiger charge is 2.46. The zero-order valence-electron chi connectivity index (χ0n) is 11.7. The Kier molecular flexibility index (Phi) is 4.25. The number of carbonyl (C=O) groups is 2. The number of carboxylic acid groups (broad SMARTS) is 1. The number of benzene rings is 1. The first kappa shape index (κ1) is 15.4. The van der Waals surface area contributed by atoms with Gasteiger partial charge in [0.1, 0.15) is 5.82 Å². The number of alkyl halides is 1. The van der Waals surface area contributed by atoms with Crippen LogP contribution in [0.5, 0.6) is 0 Å². The van der Waals surface area contributed by atoms with Gasteiger partial charge in [0.05, 0.1) is 6.54 Å². The highest BCUT2D eigenvalue weighted by molar-refractivity contribution is 5.82. The number of aliphatic carboxylic acids is 1. The maximum atomic E-state index is 13.9. The Morgan fingerprint density at radius 2 is 2.19 bits per heavy atom. The SMILES string of the molecule is CC(CC(=O)N1CCC(F)(C(=O)O)C1)c1cccc(F)c1. The van der Waals surface area contributed by atoms with Gasteiger partial charge in [-0.25, -0.2) is 13.6 Å². The second-order valence-electron chi connectivity index (χ2n) is 5.50. The van der Waals surface area contributed by atoms with Crippen LogP contribution in [-0.2, 0) is 9.59 Å². The molecule has 1 amide bonds. The maximum Gasteiger partial charge on any atom is 0.343 e. The van der Waals surface area contributed by atoms with E-state index >= 15 is 0 Å². The number of amides is 1. The number of carboxylic acids is 1. The van der Waals surface area contributed by atoms with Crippen molar-refractivity contribution in [3.63, 3.8) is 0 Å². The van der Waals surface area contributed by atoms with Crippen molar-refractivity contribution in [3.05, 3.63) is 35.6 Å². The summed E-state index contributed by atoms with van der Waals surface area (Å²) in [6.07, 6.45) is -0.0957. The first-order valence-electron chi connectivity index (χ1n) is 6.77. The Bertz CT molecular complexity index is 564. The van der Waals surface area contributed by atoms with Gasteiger partial charge in [0, 0.05) is 19.4 Å². The van der Waals surface area contributed by atoms with Crippen molar-refractivity contribution >= 4 is 11.9 Å². The summed E-state index contributed by atoms with van der Waals surface area (Å²) in [5, 5.41) is 8.81. The molecule has 0 aromatic heterocycles. The molecule has 2 unspecified atom stereocenters. The average Bonchev–Trinajstić information content (AvgIpc) is 2.83. The van der Waals surface area contributed by atoms with Crippen molar-refractivity contribution in [2.24, 2.45) is 0 Å². The van der Waals surface area contributed by atoms with E-state index in [1.807, 2.05) is 0 Å². The second-order valence-corrected chi connectivity index (χ2v) is 5.50. The Morgan fingerprint density at radius 1 is 1.48 bits per heavy atom. The van der Waals surface area contributed by atoms with Gasteiger partial charge in [-0.2, -0.15) is 0 Å². The summed E-state index contributed by atoms with van der Waals surface area (Å²) in [7, 11) is 0. The van der Waals surface area contributed by atoms with Crippen LogP contribution in [0.4, 0.5) is 8.78 Å². The average molecular weight is 297 g/mol. The quantitative estimate of drug-likeness (QED) is 0.928. The van der Waals surface area contributed by atoms with Crippen LogP contribution in [0.3, 0.4) is 0 Å². The van der Waals surface area contributed by atoms with Crippen molar-refractivity contribution in [3.8, 4) is 0 Å². The molecule has 1 fully saturated rings. The highest BCUT2D eigenvalue weighted by Crippen LogP contribution is 2.28. The van der Waals surface area contributed by atoms with Gasteiger partial charge in [0.2, 0.25) is 11.6 Å². The predicted molar refractivity (Wildman–Crippen MR) is 72.1 cm³/mol. The maximum absolute atomic E-state index is 13.9. The number of likely N-dealkylation sites (tertiary alicyclic amines) is 1. The fourth-order valence-electron chi connectivity index (χ4n) is 2.48. The minimum Gasteiger partial charge on any atom is -0.479 e. The zero-order chi connectivity index (χ0) is 15.6.